The Hall–Kier alpha value is -1.95. The third kappa shape index (κ3) is 4.53. The van der Waals surface area contributed by atoms with E-state index in [1.54, 1.807) is 29.8 Å². The van der Waals surface area contributed by atoms with Crippen molar-refractivity contribution in [1.82, 2.24) is 20.3 Å². The standard InChI is InChI=1S/C15H21FN4O/c1-11(2)17-9-13-10-20(19-18-13)7-8-21-14-6-4-5-12(3)15(14)16/h4-6,10-11,17H,7-9H2,1-3H3. The predicted octanol–water partition coefficient (Wildman–Crippen LogP) is 2.30. The Morgan fingerprint density at radius 3 is 2.95 bits per heavy atom. The number of nitrogens with one attached hydrogen (secondary N) is 1. The van der Waals surface area contributed by atoms with E-state index in [0.29, 0.717) is 31.3 Å². The molecule has 0 saturated heterocycles. The summed E-state index contributed by atoms with van der Waals surface area (Å²) in [7, 11) is 0. The van der Waals surface area contributed by atoms with Crippen molar-refractivity contribution in [2.75, 3.05) is 6.61 Å². The molecule has 5 nitrogen and oxygen atoms in total. The van der Waals surface area contributed by atoms with Gasteiger partial charge in [-0.25, -0.2) is 9.07 Å². The third-order valence-corrected chi connectivity index (χ3v) is 3.01. The summed E-state index contributed by atoms with van der Waals surface area (Å²) in [6, 6.07) is 5.52. The van der Waals surface area contributed by atoms with Crippen LogP contribution in [0.15, 0.2) is 24.4 Å². The molecule has 1 N–H and O–H groups in total. The molecule has 6 heteroatoms. The molecule has 1 aromatic carbocycles. The zero-order chi connectivity index (χ0) is 15.2. The first-order valence-electron chi connectivity index (χ1n) is 7.06. The average molecular weight is 292 g/mol. The predicted molar refractivity (Wildman–Crippen MR) is 78.6 cm³/mol. The van der Waals surface area contributed by atoms with Gasteiger partial charge in [0, 0.05) is 18.8 Å². The molecule has 2 rings (SSSR count). The van der Waals surface area contributed by atoms with E-state index in [1.165, 1.54) is 0 Å². The summed E-state index contributed by atoms with van der Waals surface area (Å²) in [5.74, 6) is -0.0327. The molecule has 0 fully saturated rings. The van der Waals surface area contributed by atoms with Gasteiger partial charge in [-0.2, -0.15) is 0 Å². The van der Waals surface area contributed by atoms with Crippen LogP contribution in [0, 0.1) is 12.7 Å². The zero-order valence-corrected chi connectivity index (χ0v) is 12.6. The highest BCUT2D eigenvalue weighted by atomic mass is 19.1. The highest BCUT2D eigenvalue weighted by Crippen LogP contribution is 2.19. The molecule has 21 heavy (non-hydrogen) atoms. The van der Waals surface area contributed by atoms with E-state index < -0.39 is 0 Å². The van der Waals surface area contributed by atoms with Crippen molar-refractivity contribution in [3.05, 3.63) is 41.5 Å². The first kappa shape index (κ1) is 15.4. The highest BCUT2D eigenvalue weighted by Gasteiger charge is 2.06. The van der Waals surface area contributed by atoms with Crippen LogP contribution in [0.3, 0.4) is 0 Å². The molecule has 0 atom stereocenters. The van der Waals surface area contributed by atoms with Crippen molar-refractivity contribution in [1.29, 1.82) is 0 Å². The first-order valence-corrected chi connectivity index (χ1v) is 7.06. The van der Waals surface area contributed by atoms with Gasteiger partial charge in [0.05, 0.1) is 12.2 Å². The van der Waals surface area contributed by atoms with Crippen LogP contribution in [0.5, 0.6) is 5.75 Å². The number of aryl methyl sites for hydroxylation is 1. The lowest BCUT2D eigenvalue weighted by atomic mass is 10.2. The van der Waals surface area contributed by atoms with E-state index in [1.807, 2.05) is 6.20 Å². The van der Waals surface area contributed by atoms with Gasteiger partial charge in [-0.05, 0) is 18.6 Å². The fourth-order valence-electron chi connectivity index (χ4n) is 1.82. The number of benzene rings is 1. The number of nitrogens with zero attached hydrogens (tertiary/aromatic N) is 3. The molecule has 0 unspecified atom stereocenters. The number of rotatable bonds is 7. The van der Waals surface area contributed by atoms with Gasteiger partial charge in [-0.15, -0.1) is 5.10 Å². The van der Waals surface area contributed by atoms with Gasteiger partial charge in [0.2, 0.25) is 0 Å². The molecular formula is C15H21FN4O. The number of hydrogen-bond acceptors (Lipinski definition) is 4. The van der Waals surface area contributed by atoms with E-state index in [9.17, 15) is 4.39 Å². The van der Waals surface area contributed by atoms with Crippen LogP contribution in [-0.2, 0) is 13.1 Å². The molecule has 0 amide bonds. The quantitative estimate of drug-likeness (QED) is 0.851. The van der Waals surface area contributed by atoms with Gasteiger partial charge >= 0.3 is 0 Å². The fourth-order valence-corrected chi connectivity index (χ4v) is 1.82. The molecule has 2 aromatic rings. The van der Waals surface area contributed by atoms with E-state index in [2.05, 4.69) is 29.5 Å². The first-order chi connectivity index (χ1) is 10.1. The van der Waals surface area contributed by atoms with Crippen molar-refractivity contribution < 1.29 is 9.13 Å². The zero-order valence-electron chi connectivity index (χ0n) is 12.6. The van der Waals surface area contributed by atoms with Crippen LogP contribution in [0.1, 0.15) is 25.1 Å². The number of halogens is 1. The van der Waals surface area contributed by atoms with Crippen molar-refractivity contribution in [2.24, 2.45) is 0 Å². The van der Waals surface area contributed by atoms with Crippen LogP contribution < -0.4 is 10.1 Å². The van der Waals surface area contributed by atoms with Crippen molar-refractivity contribution in [3.8, 4) is 5.75 Å². The Labute approximate surface area is 124 Å². The molecule has 1 heterocycles. The Kier molecular flexibility index (Phi) is 5.27. The maximum atomic E-state index is 13.7. The minimum absolute atomic E-state index is 0.275. The minimum atomic E-state index is -0.307. The summed E-state index contributed by atoms with van der Waals surface area (Å²) in [5.41, 5.74) is 1.46. The molecule has 0 aliphatic rings. The third-order valence-electron chi connectivity index (χ3n) is 3.01. The van der Waals surface area contributed by atoms with Crippen molar-refractivity contribution in [2.45, 2.75) is 39.9 Å². The second kappa shape index (κ2) is 7.17. The molecule has 114 valence electrons. The number of ether oxygens (including phenoxy) is 1. The molecule has 0 saturated carbocycles. The summed E-state index contributed by atoms with van der Waals surface area (Å²) >= 11 is 0. The summed E-state index contributed by atoms with van der Waals surface area (Å²) < 4.78 is 20.9. The lowest BCUT2D eigenvalue weighted by molar-refractivity contribution is 0.276. The maximum absolute atomic E-state index is 13.7. The van der Waals surface area contributed by atoms with Gasteiger partial charge < -0.3 is 10.1 Å². The topological polar surface area (TPSA) is 52.0 Å². The lowest BCUT2D eigenvalue weighted by Gasteiger charge is -2.08. The molecule has 0 spiro atoms. The molecule has 0 radical (unpaired) electrons. The highest BCUT2D eigenvalue weighted by molar-refractivity contribution is 5.29. The van der Waals surface area contributed by atoms with Gasteiger partial charge in [-0.1, -0.05) is 31.2 Å². The van der Waals surface area contributed by atoms with Gasteiger partial charge in [0.1, 0.15) is 6.61 Å². The largest absolute Gasteiger partial charge is 0.489 e. The Bertz CT molecular complexity index is 583. The second-order valence-corrected chi connectivity index (χ2v) is 5.24. The molecule has 0 aliphatic carbocycles. The van der Waals surface area contributed by atoms with Crippen molar-refractivity contribution in [3.63, 3.8) is 0 Å². The van der Waals surface area contributed by atoms with Crippen molar-refractivity contribution >= 4 is 0 Å². The van der Waals surface area contributed by atoms with Crippen LogP contribution in [0.2, 0.25) is 0 Å². The van der Waals surface area contributed by atoms with Gasteiger partial charge in [0.15, 0.2) is 11.6 Å². The summed E-state index contributed by atoms with van der Waals surface area (Å²) in [4.78, 5) is 0. The minimum Gasteiger partial charge on any atom is -0.489 e. The monoisotopic (exact) mass is 292 g/mol. The summed E-state index contributed by atoms with van der Waals surface area (Å²) in [5, 5.41) is 11.4. The van der Waals surface area contributed by atoms with Crippen LogP contribution in [0.25, 0.3) is 0 Å². The van der Waals surface area contributed by atoms with E-state index in [4.69, 9.17) is 4.74 Å². The maximum Gasteiger partial charge on any atom is 0.167 e. The molecule has 1 aromatic heterocycles. The Morgan fingerprint density at radius 2 is 2.19 bits per heavy atom. The van der Waals surface area contributed by atoms with E-state index in [-0.39, 0.29) is 11.6 Å². The molecule has 0 aliphatic heterocycles. The Morgan fingerprint density at radius 1 is 1.38 bits per heavy atom. The van der Waals surface area contributed by atoms with Gasteiger partial charge in [-0.3, -0.25) is 0 Å². The number of hydrogen-bond donors (Lipinski definition) is 1. The van der Waals surface area contributed by atoms with Gasteiger partial charge in [0.25, 0.3) is 0 Å². The molecular weight excluding hydrogens is 271 g/mol. The Balaban J connectivity index is 1.82. The fraction of sp³-hybridized carbons (Fsp3) is 0.467. The normalized spacial score (nSPS) is 11.1. The molecule has 0 bridgehead atoms. The lowest BCUT2D eigenvalue weighted by Crippen LogP contribution is -2.21. The summed E-state index contributed by atoms with van der Waals surface area (Å²) in [6.07, 6.45) is 1.87. The second-order valence-electron chi connectivity index (χ2n) is 5.24. The smallest absolute Gasteiger partial charge is 0.167 e. The average Bonchev–Trinajstić information content (AvgIpc) is 2.89. The van der Waals surface area contributed by atoms with E-state index in [0.717, 1.165) is 5.69 Å². The van der Waals surface area contributed by atoms with Crippen LogP contribution in [0.4, 0.5) is 4.39 Å². The van der Waals surface area contributed by atoms with Crippen LogP contribution in [-0.4, -0.2) is 27.6 Å². The SMILES string of the molecule is Cc1cccc(OCCn2cc(CNC(C)C)nn2)c1F. The summed E-state index contributed by atoms with van der Waals surface area (Å²) in [6.45, 7) is 7.44. The van der Waals surface area contributed by atoms with Crippen LogP contribution >= 0.6 is 0 Å². The van der Waals surface area contributed by atoms with E-state index >= 15 is 0 Å². The number of aromatic nitrogens is 3.